The summed E-state index contributed by atoms with van der Waals surface area (Å²) < 4.78 is 5.84. The number of ether oxygens (including phenoxy) is 1. The zero-order valence-electron chi connectivity index (χ0n) is 12.4. The van der Waals surface area contributed by atoms with Crippen LogP contribution in [0.25, 0.3) is 0 Å². The Morgan fingerprint density at radius 1 is 1.28 bits per heavy atom. The zero-order valence-corrected chi connectivity index (χ0v) is 12.4. The van der Waals surface area contributed by atoms with Gasteiger partial charge in [-0.25, -0.2) is 0 Å². The fourth-order valence-corrected chi connectivity index (χ4v) is 3.49. The lowest BCUT2D eigenvalue weighted by molar-refractivity contribution is -0.0130. The lowest BCUT2D eigenvalue weighted by Gasteiger charge is -2.50. The van der Waals surface area contributed by atoms with Crippen LogP contribution in [-0.2, 0) is 4.74 Å². The zero-order chi connectivity index (χ0) is 13.0. The topological polar surface area (TPSA) is 24.5 Å². The molecule has 2 heterocycles. The Balaban J connectivity index is 2.02. The molecule has 2 saturated heterocycles. The van der Waals surface area contributed by atoms with Crippen LogP contribution in [0.2, 0.25) is 0 Å². The molecule has 2 aliphatic heterocycles. The van der Waals surface area contributed by atoms with Crippen LogP contribution in [0.5, 0.6) is 0 Å². The van der Waals surface area contributed by atoms with E-state index in [1.807, 2.05) is 0 Å². The average Bonchev–Trinajstić information content (AvgIpc) is 2.92. The molecule has 0 spiro atoms. The molecule has 3 nitrogen and oxygen atoms in total. The van der Waals surface area contributed by atoms with E-state index in [2.05, 4.69) is 31.0 Å². The Bertz CT molecular complexity index is 247. The maximum atomic E-state index is 5.84. The minimum atomic E-state index is 0.359. The average molecular weight is 254 g/mol. The first-order valence-corrected chi connectivity index (χ1v) is 7.84. The summed E-state index contributed by atoms with van der Waals surface area (Å²) in [6.45, 7) is 11.4. The first-order chi connectivity index (χ1) is 8.74. The molecular formula is C15H30N2O. The second-order valence-electron chi connectivity index (χ2n) is 5.96. The summed E-state index contributed by atoms with van der Waals surface area (Å²) in [5.41, 5.74) is 0.359. The molecule has 2 fully saturated rings. The Kier molecular flexibility index (Phi) is 5.05. The fraction of sp³-hybridized carbons (Fsp3) is 1.00. The van der Waals surface area contributed by atoms with E-state index in [-0.39, 0.29) is 0 Å². The Morgan fingerprint density at radius 3 is 2.61 bits per heavy atom. The number of rotatable bonds is 5. The summed E-state index contributed by atoms with van der Waals surface area (Å²) in [5, 5.41) is 3.73. The van der Waals surface area contributed by atoms with Gasteiger partial charge in [0.25, 0.3) is 0 Å². The van der Waals surface area contributed by atoms with E-state index >= 15 is 0 Å². The van der Waals surface area contributed by atoms with Gasteiger partial charge in [-0.3, -0.25) is 4.90 Å². The predicted octanol–water partition coefficient (Wildman–Crippen LogP) is 2.41. The van der Waals surface area contributed by atoms with Gasteiger partial charge in [0.2, 0.25) is 0 Å². The van der Waals surface area contributed by atoms with E-state index in [0.29, 0.717) is 17.7 Å². The quantitative estimate of drug-likeness (QED) is 0.815. The van der Waals surface area contributed by atoms with Gasteiger partial charge in [0, 0.05) is 37.8 Å². The van der Waals surface area contributed by atoms with Crippen molar-refractivity contribution in [3.8, 4) is 0 Å². The van der Waals surface area contributed by atoms with E-state index in [1.165, 1.54) is 38.6 Å². The molecule has 0 radical (unpaired) electrons. The van der Waals surface area contributed by atoms with Gasteiger partial charge in [-0.1, -0.05) is 20.8 Å². The Labute approximate surface area is 112 Å². The highest BCUT2D eigenvalue weighted by Gasteiger charge is 2.39. The third-order valence-electron chi connectivity index (χ3n) is 5.09. The standard InChI is InChI=1S/C15H30N2O/c1-4-13-10-17(11-14-8-7-9-18-14)15(5-2,6-3)12-16-13/h13-14,16H,4-12H2,1-3H3. The van der Waals surface area contributed by atoms with Gasteiger partial charge < -0.3 is 10.1 Å². The molecule has 2 aliphatic rings. The Morgan fingerprint density at radius 2 is 2.06 bits per heavy atom. The van der Waals surface area contributed by atoms with Crippen LogP contribution in [0.3, 0.4) is 0 Å². The highest BCUT2D eigenvalue weighted by Crippen LogP contribution is 2.29. The van der Waals surface area contributed by atoms with E-state index in [0.717, 1.165) is 19.7 Å². The second kappa shape index (κ2) is 6.36. The third-order valence-corrected chi connectivity index (χ3v) is 5.09. The van der Waals surface area contributed by atoms with Crippen LogP contribution in [0, 0.1) is 0 Å². The molecule has 2 rings (SSSR count). The van der Waals surface area contributed by atoms with E-state index in [4.69, 9.17) is 4.74 Å². The molecule has 0 aromatic carbocycles. The number of hydrogen-bond acceptors (Lipinski definition) is 3. The van der Waals surface area contributed by atoms with Gasteiger partial charge in [-0.2, -0.15) is 0 Å². The molecule has 0 saturated carbocycles. The molecule has 18 heavy (non-hydrogen) atoms. The van der Waals surface area contributed by atoms with Gasteiger partial charge in [-0.05, 0) is 32.1 Å². The lowest BCUT2D eigenvalue weighted by Crippen LogP contribution is -2.65. The lowest BCUT2D eigenvalue weighted by atomic mass is 9.86. The van der Waals surface area contributed by atoms with Crippen molar-refractivity contribution < 1.29 is 4.74 Å². The monoisotopic (exact) mass is 254 g/mol. The number of nitrogens with one attached hydrogen (secondary N) is 1. The SMILES string of the molecule is CCC1CN(CC2CCCO2)C(CC)(CC)CN1. The highest BCUT2D eigenvalue weighted by molar-refractivity contribution is 4.98. The summed E-state index contributed by atoms with van der Waals surface area (Å²) >= 11 is 0. The Hall–Kier alpha value is -0.120. The van der Waals surface area contributed by atoms with Gasteiger partial charge in [0.05, 0.1) is 6.10 Å². The molecule has 0 aromatic rings. The van der Waals surface area contributed by atoms with Crippen molar-refractivity contribution in [1.29, 1.82) is 0 Å². The van der Waals surface area contributed by atoms with E-state index in [9.17, 15) is 0 Å². The minimum Gasteiger partial charge on any atom is -0.377 e. The van der Waals surface area contributed by atoms with Gasteiger partial charge in [0.1, 0.15) is 0 Å². The molecule has 0 aliphatic carbocycles. The summed E-state index contributed by atoms with van der Waals surface area (Å²) in [6, 6.07) is 0.664. The minimum absolute atomic E-state index is 0.359. The molecule has 2 unspecified atom stereocenters. The normalized spacial score (nSPS) is 32.8. The molecule has 0 amide bonds. The second-order valence-corrected chi connectivity index (χ2v) is 5.96. The van der Waals surface area contributed by atoms with Crippen LogP contribution >= 0.6 is 0 Å². The van der Waals surface area contributed by atoms with Crippen molar-refractivity contribution in [2.24, 2.45) is 0 Å². The van der Waals surface area contributed by atoms with Crippen LogP contribution in [0.15, 0.2) is 0 Å². The van der Waals surface area contributed by atoms with Gasteiger partial charge in [0.15, 0.2) is 0 Å². The smallest absolute Gasteiger partial charge is 0.0703 e. The van der Waals surface area contributed by atoms with Crippen LogP contribution in [0.4, 0.5) is 0 Å². The van der Waals surface area contributed by atoms with Gasteiger partial charge in [-0.15, -0.1) is 0 Å². The fourth-order valence-electron chi connectivity index (χ4n) is 3.49. The van der Waals surface area contributed by atoms with Crippen molar-refractivity contribution in [2.45, 2.75) is 70.6 Å². The van der Waals surface area contributed by atoms with Crippen LogP contribution in [0.1, 0.15) is 52.9 Å². The summed E-state index contributed by atoms with van der Waals surface area (Å²) in [5.74, 6) is 0. The first-order valence-electron chi connectivity index (χ1n) is 7.84. The number of piperazine rings is 1. The highest BCUT2D eigenvalue weighted by atomic mass is 16.5. The molecule has 1 N–H and O–H groups in total. The molecule has 0 bridgehead atoms. The van der Waals surface area contributed by atoms with E-state index < -0.39 is 0 Å². The van der Waals surface area contributed by atoms with E-state index in [1.54, 1.807) is 0 Å². The predicted molar refractivity (Wildman–Crippen MR) is 75.9 cm³/mol. The van der Waals surface area contributed by atoms with Crippen LogP contribution < -0.4 is 5.32 Å². The maximum Gasteiger partial charge on any atom is 0.0703 e. The van der Waals surface area contributed by atoms with Crippen molar-refractivity contribution in [2.75, 3.05) is 26.2 Å². The molecule has 3 heteroatoms. The van der Waals surface area contributed by atoms with Gasteiger partial charge >= 0.3 is 0 Å². The molecular weight excluding hydrogens is 224 g/mol. The van der Waals surface area contributed by atoms with Crippen molar-refractivity contribution in [3.05, 3.63) is 0 Å². The number of nitrogens with zero attached hydrogens (tertiary/aromatic N) is 1. The largest absolute Gasteiger partial charge is 0.377 e. The molecule has 0 aromatic heterocycles. The number of hydrogen-bond donors (Lipinski definition) is 1. The first kappa shape index (κ1) is 14.3. The van der Waals surface area contributed by atoms with Crippen molar-refractivity contribution in [1.82, 2.24) is 10.2 Å². The third kappa shape index (κ3) is 2.89. The summed E-state index contributed by atoms with van der Waals surface area (Å²) in [4.78, 5) is 2.73. The summed E-state index contributed by atoms with van der Waals surface area (Å²) in [7, 11) is 0. The van der Waals surface area contributed by atoms with Crippen LogP contribution in [-0.4, -0.2) is 48.8 Å². The van der Waals surface area contributed by atoms with Crippen molar-refractivity contribution in [3.63, 3.8) is 0 Å². The molecule has 2 atom stereocenters. The summed E-state index contributed by atoms with van der Waals surface area (Å²) in [6.07, 6.45) is 6.69. The molecule has 106 valence electrons. The maximum absolute atomic E-state index is 5.84. The van der Waals surface area contributed by atoms with Crippen molar-refractivity contribution >= 4 is 0 Å².